The first-order valence-electron chi connectivity index (χ1n) is 8.19. The van der Waals surface area contributed by atoms with E-state index >= 15 is 0 Å². The lowest BCUT2D eigenvalue weighted by atomic mass is 10.1. The molecular formula is C18H22N2O2S. The van der Waals surface area contributed by atoms with Gasteiger partial charge < -0.3 is 9.64 Å². The molecule has 1 aromatic carbocycles. The summed E-state index contributed by atoms with van der Waals surface area (Å²) in [6.07, 6.45) is 6.42. The molecule has 0 spiro atoms. The number of thiazole rings is 1. The third kappa shape index (κ3) is 4.79. The van der Waals surface area contributed by atoms with Crippen LogP contribution in [0.1, 0.15) is 31.2 Å². The van der Waals surface area contributed by atoms with E-state index in [0.29, 0.717) is 18.2 Å². The van der Waals surface area contributed by atoms with E-state index in [1.165, 1.54) is 16.9 Å². The fourth-order valence-electron chi connectivity index (χ4n) is 2.87. The molecule has 2 aromatic rings. The number of hydrogen-bond acceptors (Lipinski definition) is 4. The van der Waals surface area contributed by atoms with E-state index in [9.17, 15) is 4.79 Å². The van der Waals surface area contributed by atoms with E-state index < -0.39 is 0 Å². The van der Waals surface area contributed by atoms with E-state index in [4.69, 9.17) is 4.74 Å². The Hall–Kier alpha value is -1.88. The number of amides is 1. The van der Waals surface area contributed by atoms with Crippen molar-refractivity contribution in [3.8, 4) is 5.19 Å². The minimum Gasteiger partial charge on any atom is -0.465 e. The summed E-state index contributed by atoms with van der Waals surface area (Å²) in [5, 5.41) is 2.60. The number of aryl methyl sites for hydroxylation is 1. The molecule has 5 heteroatoms. The van der Waals surface area contributed by atoms with Crippen molar-refractivity contribution in [1.82, 2.24) is 9.88 Å². The molecule has 2 heterocycles. The number of rotatable bonds is 7. The molecule has 1 amide bonds. The molecule has 0 radical (unpaired) electrons. The highest BCUT2D eigenvalue weighted by Crippen LogP contribution is 2.21. The highest BCUT2D eigenvalue weighted by molar-refractivity contribution is 7.11. The van der Waals surface area contributed by atoms with Crippen LogP contribution in [0.2, 0.25) is 0 Å². The molecule has 0 N–H and O–H groups in total. The Kier molecular flexibility index (Phi) is 5.64. The van der Waals surface area contributed by atoms with Gasteiger partial charge in [0, 0.05) is 31.0 Å². The predicted octanol–water partition coefficient (Wildman–Crippen LogP) is 3.54. The van der Waals surface area contributed by atoms with Gasteiger partial charge in [0.05, 0.1) is 6.54 Å². The third-order valence-electron chi connectivity index (χ3n) is 4.12. The lowest BCUT2D eigenvalue weighted by molar-refractivity contribution is -0.130. The Bertz CT molecular complexity index is 601. The average molecular weight is 330 g/mol. The molecule has 0 saturated carbocycles. The van der Waals surface area contributed by atoms with Gasteiger partial charge in [-0.05, 0) is 24.8 Å². The SMILES string of the molecule is O=C(CCCCc1ccccc1)N1CCC(Oc2nccs2)C1. The van der Waals surface area contributed by atoms with Gasteiger partial charge in [-0.15, -0.1) is 0 Å². The van der Waals surface area contributed by atoms with E-state index in [2.05, 4.69) is 29.2 Å². The molecule has 0 aliphatic carbocycles. The Labute approximate surface area is 141 Å². The fraction of sp³-hybridized carbons (Fsp3) is 0.444. The maximum Gasteiger partial charge on any atom is 0.273 e. The predicted molar refractivity (Wildman–Crippen MR) is 91.7 cm³/mol. The first-order valence-corrected chi connectivity index (χ1v) is 9.07. The minimum atomic E-state index is 0.0921. The van der Waals surface area contributed by atoms with Crippen molar-refractivity contribution in [2.24, 2.45) is 0 Å². The number of carbonyl (C=O) groups is 1. The van der Waals surface area contributed by atoms with Crippen LogP contribution in [0.3, 0.4) is 0 Å². The van der Waals surface area contributed by atoms with Crippen LogP contribution in [0.4, 0.5) is 0 Å². The largest absolute Gasteiger partial charge is 0.465 e. The normalized spacial score (nSPS) is 17.4. The maximum atomic E-state index is 12.3. The zero-order valence-electron chi connectivity index (χ0n) is 13.2. The summed E-state index contributed by atoms with van der Waals surface area (Å²) in [5.41, 5.74) is 1.35. The first kappa shape index (κ1) is 16.0. The average Bonchev–Trinajstić information content (AvgIpc) is 3.25. The fourth-order valence-corrected chi connectivity index (χ4v) is 3.42. The van der Waals surface area contributed by atoms with E-state index in [0.717, 1.165) is 32.2 Å². The number of benzene rings is 1. The minimum absolute atomic E-state index is 0.0921. The summed E-state index contributed by atoms with van der Waals surface area (Å²) in [4.78, 5) is 18.3. The van der Waals surface area contributed by atoms with Crippen molar-refractivity contribution >= 4 is 17.2 Å². The number of aromatic nitrogens is 1. The molecule has 122 valence electrons. The highest BCUT2D eigenvalue weighted by Gasteiger charge is 2.27. The van der Waals surface area contributed by atoms with Gasteiger partial charge >= 0.3 is 0 Å². The van der Waals surface area contributed by atoms with Crippen molar-refractivity contribution in [3.63, 3.8) is 0 Å². The number of likely N-dealkylation sites (tertiary alicyclic amines) is 1. The van der Waals surface area contributed by atoms with Gasteiger partial charge in [-0.3, -0.25) is 4.79 Å². The molecule has 1 aromatic heterocycles. The van der Waals surface area contributed by atoms with Crippen LogP contribution in [0.5, 0.6) is 5.19 Å². The van der Waals surface area contributed by atoms with Crippen molar-refractivity contribution in [2.75, 3.05) is 13.1 Å². The monoisotopic (exact) mass is 330 g/mol. The number of ether oxygens (including phenoxy) is 1. The number of nitrogens with zero attached hydrogens (tertiary/aromatic N) is 2. The summed E-state index contributed by atoms with van der Waals surface area (Å²) >= 11 is 1.50. The Morgan fingerprint density at radius 1 is 1.30 bits per heavy atom. The van der Waals surface area contributed by atoms with Crippen molar-refractivity contribution in [1.29, 1.82) is 0 Å². The Morgan fingerprint density at radius 2 is 2.17 bits per heavy atom. The highest BCUT2D eigenvalue weighted by atomic mass is 32.1. The molecule has 4 nitrogen and oxygen atoms in total. The summed E-state index contributed by atoms with van der Waals surface area (Å²) in [5.74, 6) is 0.253. The quantitative estimate of drug-likeness (QED) is 0.729. The molecule has 1 saturated heterocycles. The van der Waals surface area contributed by atoms with E-state index in [-0.39, 0.29) is 12.0 Å². The molecule has 1 aliphatic heterocycles. The summed E-state index contributed by atoms with van der Waals surface area (Å²) in [6.45, 7) is 1.49. The number of hydrogen-bond donors (Lipinski definition) is 0. The van der Waals surface area contributed by atoms with Gasteiger partial charge in [-0.2, -0.15) is 0 Å². The zero-order chi connectivity index (χ0) is 15.9. The van der Waals surface area contributed by atoms with Crippen LogP contribution in [-0.2, 0) is 11.2 Å². The third-order valence-corrected chi connectivity index (χ3v) is 4.78. The Balaban J connectivity index is 1.34. The molecule has 0 bridgehead atoms. The van der Waals surface area contributed by atoms with Crippen LogP contribution in [0.25, 0.3) is 0 Å². The second-order valence-corrected chi connectivity index (χ2v) is 6.72. The molecule has 3 rings (SSSR count). The van der Waals surface area contributed by atoms with Crippen LogP contribution in [0.15, 0.2) is 41.9 Å². The summed E-state index contributed by atoms with van der Waals surface area (Å²) in [6, 6.07) is 10.4. The van der Waals surface area contributed by atoms with Crippen molar-refractivity contribution < 1.29 is 9.53 Å². The van der Waals surface area contributed by atoms with Crippen LogP contribution < -0.4 is 4.74 Å². The van der Waals surface area contributed by atoms with Crippen LogP contribution in [-0.4, -0.2) is 35.0 Å². The number of unbranched alkanes of at least 4 members (excludes halogenated alkanes) is 1. The first-order chi connectivity index (χ1) is 11.3. The molecule has 1 atom stereocenters. The summed E-state index contributed by atoms with van der Waals surface area (Å²) in [7, 11) is 0. The van der Waals surface area contributed by atoms with Gasteiger partial charge in [-0.1, -0.05) is 41.7 Å². The van der Waals surface area contributed by atoms with E-state index in [1.54, 1.807) is 6.20 Å². The van der Waals surface area contributed by atoms with Crippen LogP contribution >= 0.6 is 11.3 Å². The molecule has 1 unspecified atom stereocenters. The summed E-state index contributed by atoms with van der Waals surface area (Å²) < 4.78 is 5.79. The van der Waals surface area contributed by atoms with Crippen molar-refractivity contribution in [2.45, 2.75) is 38.2 Å². The van der Waals surface area contributed by atoms with Gasteiger partial charge in [0.25, 0.3) is 5.19 Å². The second kappa shape index (κ2) is 8.11. The molecular weight excluding hydrogens is 308 g/mol. The molecule has 1 fully saturated rings. The van der Waals surface area contributed by atoms with Gasteiger partial charge in [0.2, 0.25) is 5.91 Å². The molecule has 1 aliphatic rings. The van der Waals surface area contributed by atoms with Crippen LogP contribution in [0, 0.1) is 0 Å². The van der Waals surface area contributed by atoms with Gasteiger partial charge in [-0.25, -0.2) is 4.98 Å². The second-order valence-electron chi connectivity index (χ2n) is 5.86. The zero-order valence-corrected chi connectivity index (χ0v) is 14.0. The smallest absolute Gasteiger partial charge is 0.273 e. The lowest BCUT2D eigenvalue weighted by Gasteiger charge is -2.16. The standard InChI is InChI=1S/C18H22N2O2S/c21-17(9-5-4-8-15-6-2-1-3-7-15)20-12-10-16(14-20)22-18-19-11-13-23-18/h1-3,6-7,11,13,16H,4-5,8-10,12,14H2. The van der Waals surface area contributed by atoms with Gasteiger partial charge in [0.1, 0.15) is 6.10 Å². The number of carbonyl (C=O) groups excluding carboxylic acids is 1. The van der Waals surface area contributed by atoms with E-state index in [1.807, 2.05) is 16.3 Å². The molecule has 23 heavy (non-hydrogen) atoms. The maximum absolute atomic E-state index is 12.3. The van der Waals surface area contributed by atoms with Crippen molar-refractivity contribution in [3.05, 3.63) is 47.5 Å². The Morgan fingerprint density at radius 3 is 2.96 bits per heavy atom. The van der Waals surface area contributed by atoms with Gasteiger partial charge in [0.15, 0.2) is 0 Å². The topological polar surface area (TPSA) is 42.4 Å². The lowest BCUT2D eigenvalue weighted by Crippen LogP contribution is -2.30.